The van der Waals surface area contributed by atoms with Crippen LogP contribution < -0.4 is 5.32 Å². The second-order valence-corrected chi connectivity index (χ2v) is 5.71. The summed E-state index contributed by atoms with van der Waals surface area (Å²) >= 11 is 1.54. The smallest absolute Gasteiger partial charge is 0.131 e. The quantitative estimate of drug-likeness (QED) is 0.939. The lowest BCUT2D eigenvalue weighted by atomic mass is 10.1. The fraction of sp³-hybridized carbons (Fsp3) is 0.286. The van der Waals surface area contributed by atoms with E-state index in [1.807, 2.05) is 13.8 Å². The Morgan fingerprint density at radius 1 is 1.40 bits per heavy atom. The van der Waals surface area contributed by atoms with Gasteiger partial charge >= 0.3 is 0 Å². The Morgan fingerprint density at radius 3 is 2.55 bits per heavy atom. The van der Waals surface area contributed by atoms with Crippen molar-refractivity contribution in [1.29, 1.82) is 5.26 Å². The maximum Gasteiger partial charge on any atom is 0.131 e. The Balaban J connectivity index is 2.10. The van der Waals surface area contributed by atoms with E-state index in [0.717, 1.165) is 22.0 Å². The Labute approximate surface area is 119 Å². The first kappa shape index (κ1) is 14.6. The molecule has 2 rings (SSSR count). The van der Waals surface area contributed by atoms with Gasteiger partial charge < -0.3 is 5.32 Å². The van der Waals surface area contributed by atoms with Gasteiger partial charge in [0.1, 0.15) is 16.6 Å². The highest BCUT2D eigenvalue weighted by molar-refractivity contribution is 7.11. The molecule has 0 saturated carbocycles. The number of aromatic nitrogens is 1. The van der Waals surface area contributed by atoms with E-state index in [1.165, 1.54) is 0 Å². The largest absolute Gasteiger partial charge is 0.304 e. The Hall–Kier alpha value is -1.84. The van der Waals surface area contributed by atoms with E-state index in [2.05, 4.69) is 10.3 Å². The molecule has 2 aromatic rings. The molecular formula is C14H13F2N3S. The molecule has 0 spiro atoms. The molecule has 0 fully saturated rings. The highest BCUT2D eigenvalue weighted by Crippen LogP contribution is 2.21. The number of rotatable bonds is 4. The van der Waals surface area contributed by atoms with Gasteiger partial charge in [-0.1, -0.05) is 0 Å². The molecule has 1 aromatic heterocycles. The summed E-state index contributed by atoms with van der Waals surface area (Å²) in [5, 5.41) is 12.5. The zero-order valence-corrected chi connectivity index (χ0v) is 11.9. The molecule has 20 heavy (non-hydrogen) atoms. The van der Waals surface area contributed by atoms with Gasteiger partial charge in [0, 0.05) is 23.2 Å². The third kappa shape index (κ3) is 3.18. The first-order valence-electron chi connectivity index (χ1n) is 6.05. The molecule has 1 N–H and O–H groups in total. The van der Waals surface area contributed by atoms with Gasteiger partial charge in [-0.2, -0.15) is 5.26 Å². The summed E-state index contributed by atoms with van der Waals surface area (Å²) in [5.41, 5.74) is -0.0866. The van der Waals surface area contributed by atoms with E-state index < -0.39 is 11.6 Å². The van der Waals surface area contributed by atoms with Gasteiger partial charge in [-0.05, 0) is 26.0 Å². The highest BCUT2D eigenvalue weighted by atomic mass is 32.1. The van der Waals surface area contributed by atoms with E-state index in [-0.39, 0.29) is 23.7 Å². The summed E-state index contributed by atoms with van der Waals surface area (Å²) < 4.78 is 27.4. The van der Waals surface area contributed by atoms with Crippen LogP contribution in [0.5, 0.6) is 0 Å². The standard InChI is InChI=1S/C14H13F2N3S/c1-8-6-19-14(20-8)9(2)18-7-11-12(15)3-10(5-17)4-13(11)16/h3-4,6,9,18H,7H2,1-2H3. The molecular weight excluding hydrogens is 280 g/mol. The van der Waals surface area contributed by atoms with Crippen molar-refractivity contribution in [1.82, 2.24) is 10.3 Å². The van der Waals surface area contributed by atoms with Crippen molar-refractivity contribution in [3.63, 3.8) is 0 Å². The molecule has 0 amide bonds. The van der Waals surface area contributed by atoms with E-state index in [9.17, 15) is 8.78 Å². The van der Waals surface area contributed by atoms with Crippen LogP contribution in [-0.2, 0) is 6.54 Å². The SMILES string of the molecule is Cc1cnc(C(C)NCc2c(F)cc(C#N)cc2F)s1. The number of nitriles is 1. The van der Waals surface area contributed by atoms with Crippen molar-refractivity contribution in [2.45, 2.75) is 26.4 Å². The van der Waals surface area contributed by atoms with Gasteiger partial charge in [-0.25, -0.2) is 13.8 Å². The Kier molecular flexibility index (Phi) is 4.42. The summed E-state index contributed by atoms with van der Waals surface area (Å²) in [4.78, 5) is 5.31. The predicted molar refractivity (Wildman–Crippen MR) is 73.2 cm³/mol. The summed E-state index contributed by atoms with van der Waals surface area (Å²) in [6.45, 7) is 3.88. The molecule has 104 valence electrons. The first-order valence-corrected chi connectivity index (χ1v) is 6.86. The molecule has 1 atom stereocenters. The van der Waals surface area contributed by atoms with Crippen LogP contribution in [0.2, 0.25) is 0 Å². The van der Waals surface area contributed by atoms with Crippen LogP contribution in [0.25, 0.3) is 0 Å². The monoisotopic (exact) mass is 293 g/mol. The average molecular weight is 293 g/mol. The molecule has 1 unspecified atom stereocenters. The lowest BCUT2D eigenvalue weighted by molar-refractivity contribution is 0.508. The maximum atomic E-state index is 13.7. The minimum Gasteiger partial charge on any atom is -0.304 e. The minimum atomic E-state index is -0.712. The van der Waals surface area contributed by atoms with Gasteiger partial charge in [-0.3, -0.25) is 0 Å². The van der Waals surface area contributed by atoms with Crippen LogP contribution in [0, 0.1) is 29.9 Å². The van der Waals surface area contributed by atoms with Gasteiger partial charge in [0.05, 0.1) is 17.7 Å². The number of hydrogen-bond donors (Lipinski definition) is 1. The lowest BCUT2D eigenvalue weighted by Gasteiger charge is -2.12. The number of aryl methyl sites for hydroxylation is 1. The number of nitrogens with one attached hydrogen (secondary N) is 1. The molecule has 0 aliphatic heterocycles. The molecule has 1 aromatic carbocycles. The van der Waals surface area contributed by atoms with E-state index in [0.29, 0.717) is 0 Å². The molecule has 0 bridgehead atoms. The topological polar surface area (TPSA) is 48.7 Å². The van der Waals surface area contributed by atoms with Crippen LogP contribution in [0.3, 0.4) is 0 Å². The third-order valence-corrected chi connectivity index (χ3v) is 3.96. The maximum absolute atomic E-state index is 13.7. The zero-order valence-electron chi connectivity index (χ0n) is 11.1. The van der Waals surface area contributed by atoms with Crippen molar-refractivity contribution in [2.24, 2.45) is 0 Å². The predicted octanol–water partition coefficient (Wildman–Crippen LogP) is 3.45. The van der Waals surface area contributed by atoms with Crippen molar-refractivity contribution in [3.8, 4) is 6.07 Å². The van der Waals surface area contributed by atoms with E-state index >= 15 is 0 Å². The van der Waals surface area contributed by atoms with Crippen LogP contribution in [0.15, 0.2) is 18.3 Å². The minimum absolute atomic E-state index is 0.0210. The number of thiazole rings is 1. The number of nitrogens with zero attached hydrogens (tertiary/aromatic N) is 2. The fourth-order valence-electron chi connectivity index (χ4n) is 1.75. The molecule has 0 aliphatic rings. The van der Waals surface area contributed by atoms with Gasteiger partial charge in [0.15, 0.2) is 0 Å². The molecule has 1 heterocycles. The van der Waals surface area contributed by atoms with Crippen LogP contribution in [0.1, 0.15) is 34.0 Å². The zero-order chi connectivity index (χ0) is 14.7. The van der Waals surface area contributed by atoms with Crippen molar-refractivity contribution in [3.05, 3.63) is 51.0 Å². The van der Waals surface area contributed by atoms with Gasteiger partial charge in [-0.15, -0.1) is 11.3 Å². The van der Waals surface area contributed by atoms with Crippen molar-refractivity contribution in [2.75, 3.05) is 0 Å². The molecule has 3 nitrogen and oxygen atoms in total. The number of benzene rings is 1. The van der Waals surface area contributed by atoms with Crippen LogP contribution in [0.4, 0.5) is 8.78 Å². The Bertz CT molecular complexity index is 638. The van der Waals surface area contributed by atoms with Crippen LogP contribution >= 0.6 is 11.3 Å². The average Bonchev–Trinajstić information content (AvgIpc) is 2.84. The first-order chi connectivity index (χ1) is 9.51. The second-order valence-electron chi connectivity index (χ2n) is 4.44. The summed E-state index contributed by atoms with van der Waals surface area (Å²) in [7, 11) is 0. The van der Waals surface area contributed by atoms with Gasteiger partial charge in [0.2, 0.25) is 0 Å². The summed E-state index contributed by atoms with van der Waals surface area (Å²) in [6, 6.07) is 3.71. The highest BCUT2D eigenvalue weighted by Gasteiger charge is 2.14. The third-order valence-electron chi connectivity index (χ3n) is 2.86. The van der Waals surface area contributed by atoms with Crippen molar-refractivity contribution >= 4 is 11.3 Å². The van der Waals surface area contributed by atoms with Crippen molar-refractivity contribution < 1.29 is 8.78 Å². The van der Waals surface area contributed by atoms with Gasteiger partial charge in [0.25, 0.3) is 0 Å². The summed E-state index contributed by atoms with van der Waals surface area (Å²) in [5.74, 6) is -1.42. The molecule has 6 heteroatoms. The molecule has 0 radical (unpaired) electrons. The number of halogens is 2. The number of hydrogen-bond acceptors (Lipinski definition) is 4. The summed E-state index contributed by atoms with van der Waals surface area (Å²) in [6.07, 6.45) is 1.76. The lowest BCUT2D eigenvalue weighted by Crippen LogP contribution is -2.19. The fourth-order valence-corrected chi connectivity index (χ4v) is 2.55. The van der Waals surface area contributed by atoms with Crippen LogP contribution in [-0.4, -0.2) is 4.98 Å². The van der Waals surface area contributed by atoms with E-state index in [1.54, 1.807) is 23.6 Å². The second kappa shape index (κ2) is 6.07. The normalized spacial score (nSPS) is 12.2. The Morgan fingerprint density at radius 2 is 2.05 bits per heavy atom. The van der Waals surface area contributed by atoms with E-state index in [4.69, 9.17) is 5.26 Å². The molecule has 0 aliphatic carbocycles. The molecule has 0 saturated heterocycles.